The van der Waals surface area contributed by atoms with Crippen LogP contribution in [0.2, 0.25) is 0 Å². The maximum atomic E-state index is 5.48. The summed E-state index contributed by atoms with van der Waals surface area (Å²) in [7, 11) is 1.68. The van der Waals surface area contributed by atoms with E-state index in [0.717, 1.165) is 28.4 Å². The summed E-state index contributed by atoms with van der Waals surface area (Å²) in [5.41, 5.74) is 4.17. The predicted molar refractivity (Wildman–Crippen MR) is 76.2 cm³/mol. The van der Waals surface area contributed by atoms with Gasteiger partial charge >= 0.3 is 0 Å². The average Bonchev–Trinajstić information content (AvgIpc) is 2.38. The molecule has 0 saturated carbocycles. The lowest BCUT2D eigenvalue weighted by Crippen LogP contribution is -1.97. The molecule has 2 aromatic rings. The summed E-state index contributed by atoms with van der Waals surface area (Å²) < 4.78 is 5.48. The lowest BCUT2D eigenvalue weighted by Gasteiger charge is -2.12. The van der Waals surface area contributed by atoms with E-state index in [1.165, 1.54) is 5.56 Å². The van der Waals surface area contributed by atoms with Crippen LogP contribution in [0.3, 0.4) is 0 Å². The summed E-state index contributed by atoms with van der Waals surface area (Å²) >= 11 is 4.20. The van der Waals surface area contributed by atoms with E-state index in [1.54, 1.807) is 13.3 Å². The minimum atomic E-state index is 0.529. The second-order valence-electron chi connectivity index (χ2n) is 4.18. The first-order chi connectivity index (χ1) is 8.65. The van der Waals surface area contributed by atoms with Gasteiger partial charge in [0, 0.05) is 11.8 Å². The summed E-state index contributed by atoms with van der Waals surface area (Å²) in [6, 6.07) is 6.07. The molecule has 0 aliphatic rings. The van der Waals surface area contributed by atoms with Gasteiger partial charge in [-0.3, -0.25) is 0 Å². The van der Waals surface area contributed by atoms with Crippen LogP contribution in [-0.2, 0) is 5.75 Å². The number of aryl methyl sites for hydroxylation is 2. The average molecular weight is 260 g/mol. The van der Waals surface area contributed by atoms with Crippen molar-refractivity contribution in [1.29, 1.82) is 0 Å². The number of methoxy groups -OCH3 is 1. The number of thiol groups is 1. The third-order valence-corrected chi connectivity index (χ3v) is 3.03. The predicted octanol–water partition coefficient (Wildman–Crippen LogP) is 3.20. The van der Waals surface area contributed by atoms with E-state index in [0.29, 0.717) is 5.75 Å². The Kier molecular flexibility index (Phi) is 3.87. The molecule has 94 valence electrons. The largest absolute Gasteiger partial charge is 0.496 e. The Balaban J connectivity index is 2.61. The molecule has 1 heterocycles. The topological polar surface area (TPSA) is 35.0 Å². The van der Waals surface area contributed by atoms with Gasteiger partial charge in [0.15, 0.2) is 0 Å². The van der Waals surface area contributed by atoms with Gasteiger partial charge in [-0.2, -0.15) is 12.6 Å². The van der Waals surface area contributed by atoms with Crippen molar-refractivity contribution < 1.29 is 4.74 Å². The first-order valence-electron chi connectivity index (χ1n) is 5.74. The Labute approximate surface area is 113 Å². The Morgan fingerprint density at radius 2 is 2.06 bits per heavy atom. The van der Waals surface area contributed by atoms with Gasteiger partial charge in [-0.15, -0.1) is 0 Å². The smallest absolute Gasteiger partial charge is 0.138 e. The highest BCUT2D eigenvalue weighted by Crippen LogP contribution is 2.32. The minimum Gasteiger partial charge on any atom is -0.496 e. The molecule has 1 aromatic carbocycles. The van der Waals surface area contributed by atoms with E-state index in [9.17, 15) is 0 Å². The van der Waals surface area contributed by atoms with Crippen LogP contribution in [0.1, 0.15) is 17.0 Å². The quantitative estimate of drug-likeness (QED) is 0.861. The van der Waals surface area contributed by atoms with E-state index in [2.05, 4.69) is 41.7 Å². The van der Waals surface area contributed by atoms with E-state index in [-0.39, 0.29) is 0 Å². The van der Waals surface area contributed by atoms with Crippen molar-refractivity contribution in [2.45, 2.75) is 19.6 Å². The summed E-state index contributed by atoms with van der Waals surface area (Å²) in [5.74, 6) is 2.11. The SMILES string of the molecule is COc1c(C)cc(C)cc1-c1ccnc(CS)n1. The number of benzene rings is 1. The summed E-state index contributed by atoms with van der Waals surface area (Å²) in [4.78, 5) is 8.64. The zero-order chi connectivity index (χ0) is 13.1. The van der Waals surface area contributed by atoms with E-state index in [4.69, 9.17) is 4.74 Å². The summed E-state index contributed by atoms with van der Waals surface area (Å²) in [5, 5.41) is 0. The van der Waals surface area contributed by atoms with Crippen LogP contribution >= 0.6 is 12.6 Å². The van der Waals surface area contributed by atoms with E-state index in [1.807, 2.05) is 13.0 Å². The number of ether oxygens (including phenoxy) is 1. The molecule has 4 heteroatoms. The maximum Gasteiger partial charge on any atom is 0.138 e. The highest BCUT2D eigenvalue weighted by molar-refractivity contribution is 7.79. The lowest BCUT2D eigenvalue weighted by atomic mass is 10.0. The molecule has 2 rings (SSSR count). The Bertz CT molecular complexity index is 570. The van der Waals surface area contributed by atoms with Gasteiger partial charge in [0.2, 0.25) is 0 Å². The lowest BCUT2D eigenvalue weighted by molar-refractivity contribution is 0.413. The highest BCUT2D eigenvalue weighted by Gasteiger charge is 2.11. The van der Waals surface area contributed by atoms with Crippen LogP contribution in [-0.4, -0.2) is 17.1 Å². The molecule has 0 aliphatic carbocycles. The molecule has 0 saturated heterocycles. The number of aromatic nitrogens is 2. The molecular formula is C14H16N2OS. The van der Waals surface area contributed by atoms with E-state index < -0.39 is 0 Å². The van der Waals surface area contributed by atoms with Crippen molar-refractivity contribution in [3.63, 3.8) is 0 Å². The minimum absolute atomic E-state index is 0.529. The number of rotatable bonds is 3. The van der Waals surface area contributed by atoms with Crippen LogP contribution in [0.4, 0.5) is 0 Å². The molecule has 3 nitrogen and oxygen atoms in total. The van der Waals surface area contributed by atoms with E-state index >= 15 is 0 Å². The van der Waals surface area contributed by atoms with Crippen LogP contribution in [0.5, 0.6) is 5.75 Å². The molecule has 0 fully saturated rings. The fourth-order valence-electron chi connectivity index (χ4n) is 2.04. The molecule has 0 unspecified atom stereocenters. The summed E-state index contributed by atoms with van der Waals surface area (Å²) in [6.07, 6.45) is 1.75. The first kappa shape index (κ1) is 12.9. The number of hydrogen-bond acceptors (Lipinski definition) is 4. The zero-order valence-electron chi connectivity index (χ0n) is 10.8. The monoisotopic (exact) mass is 260 g/mol. The molecule has 0 atom stereocenters. The maximum absolute atomic E-state index is 5.48. The van der Waals surface area contributed by atoms with Gasteiger partial charge in [-0.1, -0.05) is 6.07 Å². The van der Waals surface area contributed by atoms with Crippen molar-refractivity contribution in [2.75, 3.05) is 7.11 Å². The highest BCUT2D eigenvalue weighted by atomic mass is 32.1. The van der Waals surface area contributed by atoms with Crippen LogP contribution in [0.15, 0.2) is 24.4 Å². The number of hydrogen-bond donors (Lipinski definition) is 1. The molecule has 0 amide bonds. The van der Waals surface area contributed by atoms with Gasteiger partial charge in [-0.25, -0.2) is 9.97 Å². The molecule has 0 N–H and O–H groups in total. The van der Waals surface area contributed by atoms with Gasteiger partial charge in [0.1, 0.15) is 11.6 Å². The van der Waals surface area contributed by atoms with Gasteiger partial charge in [0.05, 0.1) is 18.6 Å². The Morgan fingerprint density at radius 1 is 1.28 bits per heavy atom. The Morgan fingerprint density at radius 3 is 2.72 bits per heavy atom. The fraction of sp³-hybridized carbons (Fsp3) is 0.286. The normalized spacial score (nSPS) is 10.4. The van der Waals surface area contributed by atoms with Gasteiger partial charge in [-0.05, 0) is 37.1 Å². The fourth-order valence-corrected chi connectivity index (χ4v) is 2.19. The second kappa shape index (κ2) is 5.40. The molecule has 0 radical (unpaired) electrons. The summed E-state index contributed by atoms with van der Waals surface area (Å²) in [6.45, 7) is 4.10. The third-order valence-electron chi connectivity index (χ3n) is 2.75. The van der Waals surface area contributed by atoms with Crippen LogP contribution < -0.4 is 4.74 Å². The van der Waals surface area contributed by atoms with Gasteiger partial charge < -0.3 is 4.74 Å². The second-order valence-corrected chi connectivity index (χ2v) is 4.50. The van der Waals surface area contributed by atoms with Crippen molar-refractivity contribution in [3.05, 3.63) is 41.3 Å². The molecule has 18 heavy (non-hydrogen) atoms. The standard InChI is InChI=1S/C14H16N2OS/c1-9-6-10(2)14(17-3)11(7-9)12-4-5-15-13(8-18)16-12/h4-7,18H,8H2,1-3H3. The number of nitrogens with zero attached hydrogens (tertiary/aromatic N) is 2. The van der Waals surface area contributed by atoms with Crippen LogP contribution in [0.25, 0.3) is 11.3 Å². The molecule has 0 spiro atoms. The van der Waals surface area contributed by atoms with Crippen LogP contribution in [0, 0.1) is 13.8 Å². The zero-order valence-corrected chi connectivity index (χ0v) is 11.7. The molecule has 0 aliphatic heterocycles. The van der Waals surface area contributed by atoms with Crippen molar-refractivity contribution in [1.82, 2.24) is 9.97 Å². The van der Waals surface area contributed by atoms with Gasteiger partial charge in [0.25, 0.3) is 0 Å². The third kappa shape index (κ3) is 2.48. The van der Waals surface area contributed by atoms with Crippen molar-refractivity contribution >= 4 is 12.6 Å². The van der Waals surface area contributed by atoms with Crippen molar-refractivity contribution in [2.24, 2.45) is 0 Å². The molecular weight excluding hydrogens is 244 g/mol. The molecule has 0 bridgehead atoms. The molecule has 1 aromatic heterocycles. The van der Waals surface area contributed by atoms with Crippen molar-refractivity contribution in [3.8, 4) is 17.0 Å². The first-order valence-corrected chi connectivity index (χ1v) is 6.37. The Hall–Kier alpha value is -1.55.